The predicted octanol–water partition coefficient (Wildman–Crippen LogP) is 1.91. The number of carbonyl (C=O) groups is 1. The summed E-state index contributed by atoms with van der Waals surface area (Å²) in [5, 5.41) is 0. The molecular formula is C10H14O2. The van der Waals surface area contributed by atoms with Crippen LogP contribution in [0.1, 0.15) is 26.7 Å². The Labute approximate surface area is 73.6 Å². The lowest BCUT2D eigenvalue weighted by atomic mass is 10.1. The van der Waals surface area contributed by atoms with E-state index in [1.165, 1.54) is 6.08 Å². The van der Waals surface area contributed by atoms with Crippen LogP contribution in [0.25, 0.3) is 0 Å². The van der Waals surface area contributed by atoms with Gasteiger partial charge in [-0.15, -0.1) is 6.42 Å². The molecule has 2 nitrogen and oxygen atoms in total. The molecule has 0 rings (SSSR count). The molecule has 0 aliphatic carbocycles. The van der Waals surface area contributed by atoms with Gasteiger partial charge < -0.3 is 4.74 Å². The van der Waals surface area contributed by atoms with Crippen LogP contribution < -0.4 is 0 Å². The summed E-state index contributed by atoms with van der Waals surface area (Å²) in [6, 6.07) is 0. The quantitative estimate of drug-likeness (QED) is 0.362. The molecule has 0 amide bonds. The highest BCUT2D eigenvalue weighted by Crippen LogP contribution is 2.02. The van der Waals surface area contributed by atoms with E-state index < -0.39 is 0 Å². The maximum atomic E-state index is 10.9. The SMILES string of the molecule is C#C/C(=C/C(=O)OCC)CCC. The molecule has 0 aromatic rings. The fourth-order valence-corrected chi connectivity index (χ4v) is 0.782. The molecule has 0 aliphatic heterocycles. The van der Waals surface area contributed by atoms with Crippen molar-refractivity contribution in [3.8, 4) is 12.3 Å². The fourth-order valence-electron chi connectivity index (χ4n) is 0.782. The number of terminal acetylenes is 1. The van der Waals surface area contributed by atoms with E-state index in [0.717, 1.165) is 12.8 Å². The second kappa shape index (κ2) is 6.48. The summed E-state index contributed by atoms with van der Waals surface area (Å²) in [7, 11) is 0. The highest BCUT2D eigenvalue weighted by molar-refractivity contribution is 5.83. The van der Waals surface area contributed by atoms with Gasteiger partial charge in [0.25, 0.3) is 0 Å². The van der Waals surface area contributed by atoms with Gasteiger partial charge in [-0.1, -0.05) is 19.3 Å². The summed E-state index contributed by atoms with van der Waals surface area (Å²) in [6.45, 7) is 4.16. The number of carbonyl (C=O) groups excluding carboxylic acids is 1. The van der Waals surface area contributed by atoms with E-state index in [-0.39, 0.29) is 5.97 Å². The average molecular weight is 166 g/mol. The molecule has 0 aliphatic rings. The molecule has 0 bridgehead atoms. The Bertz CT molecular complexity index is 208. The van der Waals surface area contributed by atoms with Gasteiger partial charge in [0.1, 0.15) is 0 Å². The molecule has 0 heterocycles. The van der Waals surface area contributed by atoms with E-state index in [4.69, 9.17) is 11.2 Å². The Hall–Kier alpha value is -1.23. The average Bonchev–Trinajstić information content (AvgIpc) is 2.04. The monoisotopic (exact) mass is 166 g/mol. The van der Waals surface area contributed by atoms with E-state index >= 15 is 0 Å². The second-order valence-electron chi connectivity index (χ2n) is 2.32. The smallest absolute Gasteiger partial charge is 0.331 e. The summed E-state index contributed by atoms with van der Waals surface area (Å²) < 4.78 is 4.71. The molecule has 0 radical (unpaired) electrons. The minimum absolute atomic E-state index is 0.348. The largest absolute Gasteiger partial charge is 0.463 e. The van der Waals surface area contributed by atoms with Gasteiger partial charge in [0, 0.05) is 11.6 Å². The Morgan fingerprint density at radius 1 is 1.58 bits per heavy atom. The topological polar surface area (TPSA) is 26.3 Å². The zero-order valence-corrected chi connectivity index (χ0v) is 7.59. The highest BCUT2D eigenvalue weighted by atomic mass is 16.5. The lowest BCUT2D eigenvalue weighted by Gasteiger charge is -1.97. The van der Waals surface area contributed by atoms with Crippen LogP contribution in [0.3, 0.4) is 0 Å². The van der Waals surface area contributed by atoms with Crippen LogP contribution in [0.2, 0.25) is 0 Å². The van der Waals surface area contributed by atoms with Gasteiger partial charge in [-0.05, 0) is 13.3 Å². The summed E-state index contributed by atoms with van der Waals surface area (Å²) in [4.78, 5) is 10.9. The third-order valence-corrected chi connectivity index (χ3v) is 1.28. The molecular weight excluding hydrogens is 152 g/mol. The first kappa shape index (κ1) is 10.8. The Balaban J connectivity index is 4.10. The molecule has 12 heavy (non-hydrogen) atoms. The molecule has 0 aromatic carbocycles. The van der Waals surface area contributed by atoms with Crippen molar-refractivity contribution in [2.75, 3.05) is 6.61 Å². The second-order valence-corrected chi connectivity index (χ2v) is 2.32. The maximum Gasteiger partial charge on any atom is 0.331 e. The minimum atomic E-state index is -0.348. The van der Waals surface area contributed by atoms with Crippen LogP contribution in [0, 0.1) is 12.3 Å². The van der Waals surface area contributed by atoms with Crippen LogP contribution in [-0.2, 0) is 9.53 Å². The van der Waals surface area contributed by atoms with Crippen LogP contribution in [0.4, 0.5) is 0 Å². The molecule has 0 unspecified atom stereocenters. The molecule has 0 fully saturated rings. The van der Waals surface area contributed by atoms with Gasteiger partial charge in [-0.2, -0.15) is 0 Å². The van der Waals surface area contributed by atoms with Crippen molar-refractivity contribution in [2.45, 2.75) is 26.7 Å². The van der Waals surface area contributed by atoms with Crippen LogP contribution in [0.5, 0.6) is 0 Å². The van der Waals surface area contributed by atoms with Crippen molar-refractivity contribution in [3.05, 3.63) is 11.6 Å². The van der Waals surface area contributed by atoms with Gasteiger partial charge in [0.15, 0.2) is 0 Å². The third kappa shape index (κ3) is 4.56. The zero-order valence-electron chi connectivity index (χ0n) is 7.59. The standard InChI is InChI=1S/C10H14O2/c1-4-7-9(5-2)8-10(11)12-6-3/h2,8H,4,6-7H2,1,3H3/b9-8-. The van der Waals surface area contributed by atoms with Gasteiger partial charge >= 0.3 is 5.97 Å². The van der Waals surface area contributed by atoms with Crippen LogP contribution in [0.15, 0.2) is 11.6 Å². The molecule has 0 N–H and O–H groups in total. The van der Waals surface area contributed by atoms with Crippen molar-refractivity contribution >= 4 is 5.97 Å². The highest BCUT2D eigenvalue weighted by Gasteiger charge is 1.98. The number of ether oxygens (including phenoxy) is 1. The molecule has 0 spiro atoms. The maximum absolute atomic E-state index is 10.9. The minimum Gasteiger partial charge on any atom is -0.463 e. The molecule has 2 heteroatoms. The molecule has 0 saturated heterocycles. The summed E-state index contributed by atoms with van der Waals surface area (Å²) in [5.41, 5.74) is 0.705. The predicted molar refractivity (Wildman–Crippen MR) is 48.5 cm³/mol. The van der Waals surface area contributed by atoms with Gasteiger partial charge in [-0.25, -0.2) is 4.79 Å². The van der Waals surface area contributed by atoms with E-state index in [1.807, 2.05) is 6.92 Å². The van der Waals surface area contributed by atoms with Gasteiger partial charge in [0.2, 0.25) is 0 Å². The Morgan fingerprint density at radius 2 is 2.25 bits per heavy atom. The Kier molecular flexibility index (Phi) is 5.81. The molecule has 0 saturated carbocycles. The number of hydrogen-bond acceptors (Lipinski definition) is 2. The van der Waals surface area contributed by atoms with Crippen molar-refractivity contribution in [1.29, 1.82) is 0 Å². The van der Waals surface area contributed by atoms with Crippen molar-refractivity contribution in [2.24, 2.45) is 0 Å². The summed E-state index contributed by atoms with van der Waals surface area (Å²) >= 11 is 0. The van der Waals surface area contributed by atoms with Gasteiger partial charge in [-0.3, -0.25) is 0 Å². The lowest BCUT2D eigenvalue weighted by molar-refractivity contribution is -0.137. The first-order valence-corrected chi connectivity index (χ1v) is 4.08. The van der Waals surface area contributed by atoms with Crippen molar-refractivity contribution in [3.63, 3.8) is 0 Å². The Morgan fingerprint density at radius 3 is 2.67 bits per heavy atom. The number of esters is 1. The molecule has 0 aromatic heterocycles. The number of hydrogen-bond donors (Lipinski definition) is 0. The molecule has 66 valence electrons. The fraction of sp³-hybridized carbons (Fsp3) is 0.500. The summed E-state index contributed by atoms with van der Waals surface area (Å²) in [6.07, 6.45) is 8.26. The lowest BCUT2D eigenvalue weighted by Crippen LogP contribution is -2.00. The summed E-state index contributed by atoms with van der Waals surface area (Å²) in [5.74, 6) is 2.10. The van der Waals surface area contributed by atoms with Crippen molar-refractivity contribution < 1.29 is 9.53 Å². The van der Waals surface area contributed by atoms with E-state index in [2.05, 4.69) is 5.92 Å². The number of rotatable bonds is 4. The first-order valence-electron chi connectivity index (χ1n) is 4.08. The third-order valence-electron chi connectivity index (χ3n) is 1.28. The van der Waals surface area contributed by atoms with E-state index in [0.29, 0.717) is 12.2 Å². The van der Waals surface area contributed by atoms with E-state index in [9.17, 15) is 4.79 Å². The number of allylic oxidation sites excluding steroid dienone is 1. The first-order chi connectivity index (χ1) is 5.74. The van der Waals surface area contributed by atoms with Crippen molar-refractivity contribution in [1.82, 2.24) is 0 Å². The van der Waals surface area contributed by atoms with E-state index in [1.54, 1.807) is 6.92 Å². The normalized spacial score (nSPS) is 10.6. The van der Waals surface area contributed by atoms with Gasteiger partial charge in [0.05, 0.1) is 6.61 Å². The van der Waals surface area contributed by atoms with Crippen LogP contribution in [-0.4, -0.2) is 12.6 Å². The molecule has 0 atom stereocenters. The zero-order chi connectivity index (χ0) is 9.40. The van der Waals surface area contributed by atoms with Crippen LogP contribution >= 0.6 is 0 Å².